The number of hydrogen-bond acceptors (Lipinski definition) is 7. The molecule has 0 spiro atoms. The number of rotatable bonds is 12. The van der Waals surface area contributed by atoms with Crippen LogP contribution < -0.4 is 10.1 Å². The standard InChI is InChI=1S/C27H29FN4O6/c1-16(2)24-25(26(37)30-14-18-5-3-17(13-29)4-6-18)31-32(20-9-7-19(28)8-10-20)27(24)38-15-22(34)11-21(33)12-23(35)36/h3-10,16,21-22,33-34H,11-12,14-15H2,1-2H3,(H,30,37)(H,35,36)/t21-,22+/m1/s1. The number of carbonyl (C=O) groups is 2. The van der Waals surface area contributed by atoms with Crippen molar-refractivity contribution in [2.75, 3.05) is 6.61 Å². The number of benzene rings is 2. The van der Waals surface area contributed by atoms with Gasteiger partial charge in [0.1, 0.15) is 12.4 Å². The Balaban J connectivity index is 1.89. The molecule has 4 N–H and O–H groups in total. The van der Waals surface area contributed by atoms with Gasteiger partial charge in [-0.2, -0.15) is 10.4 Å². The Morgan fingerprint density at radius 1 is 1.11 bits per heavy atom. The highest BCUT2D eigenvalue weighted by Crippen LogP contribution is 2.33. The molecule has 10 nitrogen and oxygen atoms in total. The average Bonchev–Trinajstić information content (AvgIpc) is 3.26. The molecule has 1 aromatic heterocycles. The lowest BCUT2D eigenvalue weighted by Gasteiger charge is -2.17. The van der Waals surface area contributed by atoms with Crippen LogP contribution in [0.3, 0.4) is 0 Å². The van der Waals surface area contributed by atoms with E-state index in [4.69, 9.17) is 15.1 Å². The molecule has 3 rings (SSSR count). The zero-order valence-corrected chi connectivity index (χ0v) is 21.0. The fourth-order valence-corrected chi connectivity index (χ4v) is 3.80. The van der Waals surface area contributed by atoms with Crippen molar-refractivity contribution in [1.82, 2.24) is 15.1 Å². The molecule has 2 atom stereocenters. The van der Waals surface area contributed by atoms with Crippen molar-refractivity contribution in [2.45, 2.75) is 51.4 Å². The van der Waals surface area contributed by atoms with Crippen LogP contribution in [0.1, 0.15) is 59.8 Å². The summed E-state index contributed by atoms with van der Waals surface area (Å²) in [5.41, 5.74) is 2.22. The zero-order chi connectivity index (χ0) is 27.8. The number of aliphatic hydroxyl groups is 2. The molecule has 11 heteroatoms. The Kier molecular flexibility index (Phi) is 9.54. The molecule has 0 saturated carbocycles. The van der Waals surface area contributed by atoms with Gasteiger partial charge in [0.05, 0.1) is 35.9 Å². The first-order valence-electron chi connectivity index (χ1n) is 12.0. The molecule has 2 aromatic carbocycles. The predicted molar refractivity (Wildman–Crippen MR) is 134 cm³/mol. The lowest BCUT2D eigenvalue weighted by atomic mass is 10.0. The maximum absolute atomic E-state index is 13.6. The third kappa shape index (κ3) is 7.38. The summed E-state index contributed by atoms with van der Waals surface area (Å²) in [4.78, 5) is 24.0. The number of hydrogen-bond donors (Lipinski definition) is 4. The Labute approximate surface area is 218 Å². The lowest BCUT2D eigenvalue weighted by molar-refractivity contribution is -0.139. The van der Waals surface area contributed by atoms with Crippen molar-refractivity contribution in [3.05, 3.63) is 76.7 Å². The first-order valence-corrected chi connectivity index (χ1v) is 12.0. The van der Waals surface area contributed by atoms with Crippen LogP contribution in [-0.2, 0) is 11.3 Å². The number of aliphatic hydroxyl groups excluding tert-OH is 2. The fourth-order valence-electron chi connectivity index (χ4n) is 3.80. The van der Waals surface area contributed by atoms with E-state index in [0.29, 0.717) is 16.8 Å². The van der Waals surface area contributed by atoms with E-state index >= 15 is 0 Å². The third-order valence-electron chi connectivity index (χ3n) is 5.64. The number of halogens is 1. The van der Waals surface area contributed by atoms with Crippen LogP contribution in [0.2, 0.25) is 0 Å². The van der Waals surface area contributed by atoms with E-state index in [0.717, 1.165) is 5.56 Å². The van der Waals surface area contributed by atoms with E-state index in [1.165, 1.54) is 28.9 Å². The number of nitrogens with zero attached hydrogens (tertiary/aromatic N) is 3. The summed E-state index contributed by atoms with van der Waals surface area (Å²) < 4.78 is 20.8. The minimum absolute atomic E-state index is 0.0772. The maximum Gasteiger partial charge on any atom is 0.305 e. The minimum atomic E-state index is -1.26. The minimum Gasteiger partial charge on any atom is -0.481 e. The van der Waals surface area contributed by atoms with Crippen molar-refractivity contribution in [3.63, 3.8) is 0 Å². The van der Waals surface area contributed by atoms with Gasteiger partial charge in [0.25, 0.3) is 5.91 Å². The maximum atomic E-state index is 13.6. The second-order valence-corrected chi connectivity index (χ2v) is 9.05. The van der Waals surface area contributed by atoms with Crippen molar-refractivity contribution < 1.29 is 34.0 Å². The van der Waals surface area contributed by atoms with Gasteiger partial charge >= 0.3 is 5.97 Å². The largest absolute Gasteiger partial charge is 0.481 e. The summed E-state index contributed by atoms with van der Waals surface area (Å²) in [6.07, 6.45) is -3.21. The van der Waals surface area contributed by atoms with E-state index in [-0.39, 0.29) is 37.1 Å². The van der Waals surface area contributed by atoms with Crippen LogP contribution in [0.15, 0.2) is 48.5 Å². The number of carboxylic acid groups (broad SMARTS) is 1. The zero-order valence-electron chi connectivity index (χ0n) is 21.0. The number of nitriles is 1. The first kappa shape index (κ1) is 28.3. The van der Waals surface area contributed by atoms with E-state index in [1.54, 1.807) is 24.3 Å². The van der Waals surface area contributed by atoms with Crippen LogP contribution in [-0.4, -0.2) is 55.8 Å². The number of nitrogens with one attached hydrogen (secondary N) is 1. The highest BCUT2D eigenvalue weighted by molar-refractivity contribution is 5.94. The van der Waals surface area contributed by atoms with Gasteiger partial charge in [-0.15, -0.1) is 0 Å². The Bertz CT molecular complexity index is 1300. The van der Waals surface area contributed by atoms with Gasteiger partial charge in [0.2, 0.25) is 5.88 Å². The molecule has 1 amide bonds. The second kappa shape index (κ2) is 12.8. The van der Waals surface area contributed by atoms with E-state index in [9.17, 15) is 24.2 Å². The number of carboxylic acids is 1. The summed E-state index contributed by atoms with van der Waals surface area (Å²) in [7, 11) is 0. The molecule has 0 unspecified atom stereocenters. The van der Waals surface area contributed by atoms with Crippen LogP contribution in [0.25, 0.3) is 5.69 Å². The Morgan fingerprint density at radius 3 is 2.34 bits per heavy atom. The number of ether oxygens (including phenoxy) is 1. The summed E-state index contributed by atoms with van der Waals surface area (Å²) in [6, 6.07) is 14.2. The van der Waals surface area contributed by atoms with Gasteiger partial charge in [-0.3, -0.25) is 9.59 Å². The number of aromatic nitrogens is 2. The molecule has 200 valence electrons. The molecule has 0 aliphatic heterocycles. The normalized spacial score (nSPS) is 12.6. The molecule has 38 heavy (non-hydrogen) atoms. The quantitative estimate of drug-likeness (QED) is 0.282. The summed E-state index contributed by atoms with van der Waals surface area (Å²) in [6.45, 7) is 3.55. The predicted octanol–water partition coefficient (Wildman–Crippen LogP) is 2.90. The van der Waals surface area contributed by atoms with Crippen molar-refractivity contribution in [1.29, 1.82) is 5.26 Å². The van der Waals surface area contributed by atoms with E-state index in [1.807, 2.05) is 19.9 Å². The summed E-state index contributed by atoms with van der Waals surface area (Å²) in [5.74, 6) is -2.23. The van der Waals surface area contributed by atoms with Crippen LogP contribution in [0.5, 0.6) is 5.88 Å². The highest BCUT2D eigenvalue weighted by Gasteiger charge is 2.28. The summed E-state index contributed by atoms with van der Waals surface area (Å²) in [5, 5.41) is 45.2. The topological polar surface area (TPSA) is 158 Å². The molecule has 0 aliphatic carbocycles. The van der Waals surface area contributed by atoms with Gasteiger partial charge in [0, 0.05) is 18.5 Å². The smallest absolute Gasteiger partial charge is 0.305 e. The molecule has 0 saturated heterocycles. The fraction of sp³-hybridized carbons (Fsp3) is 0.333. The average molecular weight is 525 g/mol. The lowest BCUT2D eigenvalue weighted by Crippen LogP contribution is -2.26. The van der Waals surface area contributed by atoms with Crippen molar-refractivity contribution in [3.8, 4) is 17.6 Å². The number of amides is 1. The SMILES string of the molecule is CC(C)c1c(C(=O)NCc2ccc(C#N)cc2)nn(-c2ccc(F)cc2)c1OC[C@@H](O)C[C@@H](O)CC(=O)O. The van der Waals surface area contributed by atoms with Crippen molar-refractivity contribution >= 4 is 11.9 Å². The molecule has 1 heterocycles. The van der Waals surface area contributed by atoms with E-state index in [2.05, 4.69) is 10.4 Å². The van der Waals surface area contributed by atoms with Crippen molar-refractivity contribution in [2.24, 2.45) is 0 Å². The van der Waals surface area contributed by atoms with Crippen LogP contribution in [0, 0.1) is 17.1 Å². The van der Waals surface area contributed by atoms with E-state index < -0.39 is 36.3 Å². The van der Waals surface area contributed by atoms with Gasteiger partial charge in [0.15, 0.2) is 5.69 Å². The molecule has 3 aromatic rings. The molecular weight excluding hydrogens is 495 g/mol. The molecular formula is C27H29FN4O6. The molecule has 0 aliphatic rings. The Morgan fingerprint density at radius 2 is 1.76 bits per heavy atom. The monoisotopic (exact) mass is 524 g/mol. The van der Waals surface area contributed by atoms with Gasteiger partial charge in [-0.25, -0.2) is 9.07 Å². The number of carbonyl (C=O) groups excluding carboxylic acids is 1. The third-order valence-corrected chi connectivity index (χ3v) is 5.64. The van der Waals surface area contributed by atoms with Gasteiger partial charge in [-0.1, -0.05) is 26.0 Å². The number of aliphatic carboxylic acids is 1. The molecule has 0 radical (unpaired) electrons. The van der Waals surface area contributed by atoms with Gasteiger partial charge < -0.3 is 25.4 Å². The highest BCUT2D eigenvalue weighted by atomic mass is 19.1. The molecule has 0 fully saturated rings. The Hall–Kier alpha value is -4.27. The molecule has 0 bridgehead atoms. The van der Waals surface area contributed by atoms with Crippen LogP contribution >= 0.6 is 0 Å². The summed E-state index contributed by atoms with van der Waals surface area (Å²) >= 11 is 0. The van der Waals surface area contributed by atoms with Gasteiger partial charge in [-0.05, 0) is 47.9 Å². The first-order chi connectivity index (χ1) is 18.1. The van der Waals surface area contributed by atoms with Crippen LogP contribution in [0.4, 0.5) is 4.39 Å². The second-order valence-electron chi connectivity index (χ2n) is 9.05.